The van der Waals surface area contributed by atoms with E-state index in [4.69, 9.17) is 9.47 Å². The van der Waals surface area contributed by atoms with Gasteiger partial charge in [0.25, 0.3) is 5.91 Å². The molecule has 0 bridgehead atoms. The zero-order valence-corrected chi connectivity index (χ0v) is 16.9. The Morgan fingerprint density at radius 2 is 1.85 bits per heavy atom. The number of carbonyl (C=O) groups excluding carboxylic acids is 1. The Kier molecular flexibility index (Phi) is 5.81. The first-order valence-corrected chi connectivity index (χ1v) is 9.07. The highest BCUT2D eigenvalue weighted by Gasteiger charge is 2.23. The van der Waals surface area contributed by atoms with Crippen LogP contribution in [0.5, 0.6) is 11.5 Å². The van der Waals surface area contributed by atoms with E-state index in [1.54, 1.807) is 38.6 Å². The summed E-state index contributed by atoms with van der Waals surface area (Å²) < 4.78 is 13.5. The molecule has 3 aromatic rings. The van der Waals surface area contributed by atoms with E-state index in [1.807, 2.05) is 42.1 Å². The number of hydrogen-bond donors (Lipinski definition) is 1. The summed E-state index contributed by atoms with van der Waals surface area (Å²) in [6.45, 7) is 0. The number of nitrogens with one attached hydrogen (secondary N) is 1. The zero-order chi connectivity index (χ0) is 19.4. The third kappa shape index (κ3) is 4.31. The Balaban J connectivity index is 2.02. The average Bonchev–Trinajstić information content (AvgIpc) is 3.11. The lowest BCUT2D eigenvalue weighted by molar-refractivity contribution is 0.0941. The Labute approximate surface area is 166 Å². The van der Waals surface area contributed by atoms with Crippen molar-refractivity contribution < 1.29 is 14.3 Å². The van der Waals surface area contributed by atoms with Crippen LogP contribution in [0, 0.1) is 0 Å². The molecule has 0 spiro atoms. The lowest BCUT2D eigenvalue weighted by atomic mass is 10.0. The number of imidazole rings is 1. The Morgan fingerprint density at radius 1 is 1.15 bits per heavy atom. The molecule has 7 heteroatoms. The van der Waals surface area contributed by atoms with Crippen LogP contribution in [0.3, 0.4) is 0 Å². The van der Waals surface area contributed by atoms with E-state index >= 15 is 0 Å². The van der Waals surface area contributed by atoms with E-state index in [-0.39, 0.29) is 5.91 Å². The summed E-state index contributed by atoms with van der Waals surface area (Å²) in [4.78, 5) is 17.3. The summed E-state index contributed by atoms with van der Waals surface area (Å²) in [6, 6.07) is 12.3. The number of ether oxygens (including phenoxy) is 2. The van der Waals surface area contributed by atoms with Gasteiger partial charge in [-0.25, -0.2) is 4.98 Å². The van der Waals surface area contributed by atoms with Gasteiger partial charge in [-0.2, -0.15) is 0 Å². The number of benzene rings is 2. The second kappa shape index (κ2) is 8.26. The molecule has 27 heavy (non-hydrogen) atoms. The van der Waals surface area contributed by atoms with Crippen molar-refractivity contribution in [3.8, 4) is 11.5 Å². The number of methoxy groups -OCH3 is 2. The molecule has 0 radical (unpaired) electrons. The fraction of sp³-hybridized carbons (Fsp3) is 0.200. The first kappa shape index (κ1) is 19.0. The molecule has 2 aromatic carbocycles. The predicted octanol–water partition coefficient (Wildman–Crippen LogP) is 3.72. The molecular formula is C20H20BrN3O3. The second-order valence-electron chi connectivity index (χ2n) is 5.96. The van der Waals surface area contributed by atoms with Crippen molar-refractivity contribution in [3.63, 3.8) is 0 Å². The average molecular weight is 430 g/mol. The van der Waals surface area contributed by atoms with Crippen molar-refractivity contribution in [1.29, 1.82) is 0 Å². The number of aryl methyl sites for hydroxylation is 1. The highest BCUT2D eigenvalue weighted by Crippen LogP contribution is 2.29. The molecule has 1 N–H and O–H groups in total. The molecule has 0 saturated heterocycles. The summed E-state index contributed by atoms with van der Waals surface area (Å²) in [5.74, 6) is 1.78. The van der Waals surface area contributed by atoms with E-state index < -0.39 is 6.04 Å². The standard InChI is InChI=1S/C20H20BrN3O3/c1-24-8-7-22-19(24)18(14-10-16(26-2)12-17(11-14)27-3)23-20(25)13-5-4-6-15(21)9-13/h4-12,18H,1-3H3,(H,23,25)/t18-/m1/s1. The van der Waals surface area contributed by atoms with Crippen LogP contribution in [0.2, 0.25) is 0 Å². The maximum absolute atomic E-state index is 12.9. The van der Waals surface area contributed by atoms with Gasteiger partial charge in [-0.15, -0.1) is 0 Å². The van der Waals surface area contributed by atoms with E-state index in [2.05, 4.69) is 26.2 Å². The van der Waals surface area contributed by atoms with E-state index in [9.17, 15) is 4.79 Å². The SMILES string of the molecule is COc1cc(OC)cc([C@@H](NC(=O)c2cccc(Br)c2)c2nccn2C)c1. The number of halogens is 1. The summed E-state index contributed by atoms with van der Waals surface area (Å²) in [5.41, 5.74) is 1.36. The molecule has 140 valence electrons. The van der Waals surface area contributed by atoms with Crippen LogP contribution in [0.4, 0.5) is 0 Å². The molecule has 0 unspecified atom stereocenters. The van der Waals surface area contributed by atoms with Crippen LogP contribution in [-0.2, 0) is 7.05 Å². The topological polar surface area (TPSA) is 65.4 Å². The van der Waals surface area contributed by atoms with Gasteiger partial charge >= 0.3 is 0 Å². The van der Waals surface area contributed by atoms with Crippen molar-refractivity contribution in [2.45, 2.75) is 6.04 Å². The van der Waals surface area contributed by atoms with Crippen LogP contribution in [0.15, 0.2) is 59.3 Å². The highest BCUT2D eigenvalue weighted by molar-refractivity contribution is 9.10. The Morgan fingerprint density at radius 3 is 2.41 bits per heavy atom. The normalized spacial score (nSPS) is 11.7. The first-order valence-electron chi connectivity index (χ1n) is 8.28. The minimum atomic E-state index is -0.472. The third-order valence-corrected chi connectivity index (χ3v) is 4.68. The van der Waals surface area contributed by atoms with E-state index in [0.29, 0.717) is 22.9 Å². The van der Waals surface area contributed by atoms with Gasteiger partial charge in [0.15, 0.2) is 0 Å². The molecule has 1 atom stereocenters. The van der Waals surface area contributed by atoms with Crippen molar-refractivity contribution in [1.82, 2.24) is 14.9 Å². The predicted molar refractivity (Wildman–Crippen MR) is 106 cm³/mol. The van der Waals surface area contributed by atoms with Crippen molar-refractivity contribution in [3.05, 3.63) is 76.3 Å². The maximum atomic E-state index is 12.9. The molecule has 0 aliphatic carbocycles. The molecule has 1 heterocycles. The smallest absolute Gasteiger partial charge is 0.252 e. The molecule has 3 rings (SSSR count). The number of carbonyl (C=O) groups is 1. The van der Waals surface area contributed by atoms with Crippen LogP contribution < -0.4 is 14.8 Å². The fourth-order valence-corrected chi connectivity index (χ4v) is 3.19. The van der Waals surface area contributed by atoms with Crippen molar-refractivity contribution >= 4 is 21.8 Å². The molecule has 0 aliphatic heterocycles. The van der Waals surface area contributed by atoms with Crippen LogP contribution in [0.1, 0.15) is 27.8 Å². The fourth-order valence-electron chi connectivity index (χ4n) is 2.79. The van der Waals surface area contributed by atoms with Gasteiger partial charge in [0, 0.05) is 35.5 Å². The minimum Gasteiger partial charge on any atom is -0.497 e. The van der Waals surface area contributed by atoms with Gasteiger partial charge < -0.3 is 19.4 Å². The Hall–Kier alpha value is -2.80. The van der Waals surface area contributed by atoms with Gasteiger partial charge in [-0.1, -0.05) is 22.0 Å². The van der Waals surface area contributed by atoms with Crippen molar-refractivity contribution in [2.75, 3.05) is 14.2 Å². The van der Waals surface area contributed by atoms with E-state index in [0.717, 1.165) is 10.0 Å². The molecule has 0 aliphatic rings. The van der Waals surface area contributed by atoms with Crippen LogP contribution in [0.25, 0.3) is 0 Å². The number of hydrogen-bond acceptors (Lipinski definition) is 4. The summed E-state index contributed by atoms with van der Waals surface area (Å²) in [6.07, 6.45) is 3.54. The van der Waals surface area contributed by atoms with Gasteiger partial charge in [-0.05, 0) is 35.9 Å². The molecular weight excluding hydrogens is 410 g/mol. The largest absolute Gasteiger partial charge is 0.497 e. The van der Waals surface area contributed by atoms with Gasteiger partial charge in [0.05, 0.1) is 14.2 Å². The number of rotatable bonds is 6. The summed E-state index contributed by atoms with van der Waals surface area (Å²) in [7, 11) is 5.07. The number of amides is 1. The quantitative estimate of drug-likeness (QED) is 0.648. The zero-order valence-electron chi connectivity index (χ0n) is 15.3. The molecule has 0 fully saturated rings. The summed E-state index contributed by atoms with van der Waals surface area (Å²) in [5, 5.41) is 3.07. The van der Waals surface area contributed by atoms with E-state index in [1.165, 1.54) is 0 Å². The van der Waals surface area contributed by atoms with Crippen molar-refractivity contribution in [2.24, 2.45) is 7.05 Å². The van der Waals surface area contributed by atoms with Crippen LogP contribution >= 0.6 is 15.9 Å². The number of nitrogens with zero attached hydrogens (tertiary/aromatic N) is 2. The molecule has 1 aromatic heterocycles. The monoisotopic (exact) mass is 429 g/mol. The van der Waals surface area contributed by atoms with Gasteiger partial charge in [0.2, 0.25) is 0 Å². The van der Waals surface area contributed by atoms with Gasteiger partial charge in [-0.3, -0.25) is 4.79 Å². The molecule has 6 nitrogen and oxygen atoms in total. The molecule has 0 saturated carbocycles. The summed E-state index contributed by atoms with van der Waals surface area (Å²) >= 11 is 3.40. The lowest BCUT2D eigenvalue weighted by Crippen LogP contribution is -2.31. The maximum Gasteiger partial charge on any atom is 0.252 e. The molecule has 1 amide bonds. The van der Waals surface area contributed by atoms with Gasteiger partial charge in [0.1, 0.15) is 23.4 Å². The first-order chi connectivity index (χ1) is 13.0. The third-order valence-electron chi connectivity index (χ3n) is 4.19. The number of aromatic nitrogens is 2. The second-order valence-corrected chi connectivity index (χ2v) is 6.87. The Bertz CT molecular complexity index is 933. The van der Waals surface area contributed by atoms with Crippen LogP contribution in [-0.4, -0.2) is 29.7 Å². The lowest BCUT2D eigenvalue weighted by Gasteiger charge is -2.20. The minimum absolute atomic E-state index is 0.203. The highest BCUT2D eigenvalue weighted by atomic mass is 79.9.